The largest absolute Gasteiger partial charge is 0.387 e. The van der Waals surface area contributed by atoms with Crippen LogP contribution in [0.1, 0.15) is 39.1 Å². The Morgan fingerprint density at radius 2 is 1.96 bits per heavy atom. The smallest absolute Gasteiger partial charge is 0.257 e. The summed E-state index contributed by atoms with van der Waals surface area (Å²) in [6.45, 7) is 5.65. The minimum atomic E-state index is -0.820. The van der Waals surface area contributed by atoms with Gasteiger partial charge in [-0.15, -0.1) is 0 Å². The van der Waals surface area contributed by atoms with Crippen LogP contribution in [-0.2, 0) is 0 Å². The van der Waals surface area contributed by atoms with Crippen molar-refractivity contribution < 1.29 is 9.90 Å². The lowest BCUT2D eigenvalue weighted by molar-refractivity contribution is 0.0917. The highest BCUT2D eigenvalue weighted by molar-refractivity contribution is 6.30. The molecular weight excluding hydrogens is 340 g/mol. The Labute approximate surface area is 150 Å². The first-order valence-electron chi connectivity index (χ1n) is 7.92. The van der Waals surface area contributed by atoms with E-state index in [1.165, 1.54) is 0 Å². The number of nitrogens with zero attached hydrogens (tertiary/aromatic N) is 3. The molecule has 0 fully saturated rings. The zero-order chi connectivity index (χ0) is 18.1. The van der Waals surface area contributed by atoms with Gasteiger partial charge in [0, 0.05) is 23.0 Å². The number of aromatic nitrogens is 3. The molecule has 0 saturated carbocycles. The number of benzene rings is 1. The van der Waals surface area contributed by atoms with E-state index in [4.69, 9.17) is 11.6 Å². The summed E-state index contributed by atoms with van der Waals surface area (Å²) in [6.07, 6.45) is -0.820. The molecule has 2 heterocycles. The molecule has 130 valence electrons. The predicted octanol–water partition coefficient (Wildman–Crippen LogP) is 2.77. The fourth-order valence-corrected chi connectivity index (χ4v) is 2.90. The van der Waals surface area contributed by atoms with Gasteiger partial charge in [0.1, 0.15) is 5.56 Å². The van der Waals surface area contributed by atoms with Crippen molar-refractivity contribution in [1.29, 1.82) is 0 Å². The van der Waals surface area contributed by atoms with Gasteiger partial charge in [0.15, 0.2) is 5.65 Å². The molecule has 0 aliphatic heterocycles. The number of amides is 1. The van der Waals surface area contributed by atoms with E-state index in [-0.39, 0.29) is 12.5 Å². The van der Waals surface area contributed by atoms with Crippen LogP contribution in [-0.4, -0.2) is 32.2 Å². The van der Waals surface area contributed by atoms with Crippen molar-refractivity contribution in [3.8, 4) is 0 Å². The van der Waals surface area contributed by atoms with Crippen LogP contribution in [0, 0.1) is 20.8 Å². The molecule has 0 radical (unpaired) electrons. The molecule has 0 bridgehead atoms. The Balaban J connectivity index is 1.81. The first-order valence-corrected chi connectivity index (χ1v) is 8.30. The van der Waals surface area contributed by atoms with Crippen molar-refractivity contribution in [2.75, 3.05) is 6.54 Å². The molecule has 2 aromatic heterocycles. The highest BCUT2D eigenvalue weighted by Gasteiger charge is 2.20. The molecule has 1 atom stereocenters. The van der Waals surface area contributed by atoms with Gasteiger partial charge in [-0.05, 0) is 44.5 Å². The van der Waals surface area contributed by atoms with Crippen LogP contribution < -0.4 is 5.32 Å². The normalized spacial score (nSPS) is 12.4. The summed E-state index contributed by atoms with van der Waals surface area (Å²) in [6, 6.07) is 8.77. The van der Waals surface area contributed by atoms with Gasteiger partial charge in [-0.25, -0.2) is 9.50 Å². The Morgan fingerprint density at radius 3 is 2.64 bits per heavy atom. The van der Waals surface area contributed by atoms with Gasteiger partial charge >= 0.3 is 0 Å². The van der Waals surface area contributed by atoms with E-state index >= 15 is 0 Å². The molecule has 0 saturated heterocycles. The summed E-state index contributed by atoms with van der Waals surface area (Å²) in [7, 11) is 0. The SMILES string of the molecule is Cc1cc(C)n2nc(C)c(C(=O)NC[C@H](O)c3ccc(Cl)cc3)c2n1. The van der Waals surface area contributed by atoms with E-state index < -0.39 is 6.10 Å². The fourth-order valence-electron chi connectivity index (χ4n) is 2.77. The van der Waals surface area contributed by atoms with Crippen molar-refractivity contribution in [2.24, 2.45) is 0 Å². The van der Waals surface area contributed by atoms with Gasteiger partial charge in [-0.2, -0.15) is 5.10 Å². The molecule has 6 nitrogen and oxygen atoms in total. The maximum absolute atomic E-state index is 12.6. The summed E-state index contributed by atoms with van der Waals surface area (Å²) in [4.78, 5) is 17.1. The third-order valence-electron chi connectivity index (χ3n) is 4.01. The summed E-state index contributed by atoms with van der Waals surface area (Å²) < 4.78 is 1.66. The van der Waals surface area contributed by atoms with E-state index in [1.54, 1.807) is 35.7 Å². The number of hydrogen-bond acceptors (Lipinski definition) is 4. The molecule has 0 unspecified atom stereocenters. The highest BCUT2D eigenvalue weighted by Crippen LogP contribution is 2.18. The van der Waals surface area contributed by atoms with Gasteiger partial charge < -0.3 is 10.4 Å². The number of aryl methyl sites for hydroxylation is 3. The van der Waals surface area contributed by atoms with Crippen LogP contribution in [0.3, 0.4) is 0 Å². The molecule has 0 spiro atoms. The highest BCUT2D eigenvalue weighted by atomic mass is 35.5. The number of fused-ring (bicyclic) bond motifs is 1. The summed E-state index contributed by atoms with van der Waals surface area (Å²) in [5, 5.41) is 18.0. The minimum Gasteiger partial charge on any atom is -0.387 e. The standard InChI is InChI=1S/C18H19ClN4O2/c1-10-8-11(2)23-17(21-10)16(12(3)22-23)18(25)20-9-15(24)13-4-6-14(19)7-5-13/h4-8,15,24H,9H2,1-3H3,(H,20,25)/t15-/m0/s1. The number of carbonyl (C=O) groups excluding carboxylic acids is 1. The number of rotatable bonds is 4. The number of hydrogen-bond donors (Lipinski definition) is 2. The van der Waals surface area contributed by atoms with Crippen molar-refractivity contribution in [2.45, 2.75) is 26.9 Å². The van der Waals surface area contributed by atoms with Crippen LogP contribution in [0.4, 0.5) is 0 Å². The minimum absolute atomic E-state index is 0.0854. The molecule has 2 N–H and O–H groups in total. The van der Waals surface area contributed by atoms with E-state index in [0.717, 1.165) is 11.4 Å². The van der Waals surface area contributed by atoms with Crippen molar-refractivity contribution in [3.63, 3.8) is 0 Å². The van der Waals surface area contributed by atoms with Crippen molar-refractivity contribution in [3.05, 3.63) is 63.6 Å². The first kappa shape index (κ1) is 17.4. The Bertz CT molecular complexity index is 934. The number of aliphatic hydroxyl groups is 1. The second kappa shape index (κ2) is 6.82. The molecular formula is C18H19ClN4O2. The molecule has 1 amide bonds. The lowest BCUT2D eigenvalue weighted by atomic mass is 10.1. The molecule has 7 heteroatoms. The molecule has 25 heavy (non-hydrogen) atoms. The van der Waals surface area contributed by atoms with Crippen LogP contribution in [0.5, 0.6) is 0 Å². The van der Waals surface area contributed by atoms with Gasteiger partial charge in [0.2, 0.25) is 0 Å². The third-order valence-corrected chi connectivity index (χ3v) is 4.26. The van der Waals surface area contributed by atoms with Crippen LogP contribution >= 0.6 is 11.6 Å². The number of nitrogens with one attached hydrogen (secondary N) is 1. The van der Waals surface area contributed by atoms with E-state index in [2.05, 4.69) is 15.4 Å². The molecule has 1 aromatic carbocycles. The lowest BCUT2D eigenvalue weighted by Crippen LogP contribution is -2.29. The fraction of sp³-hybridized carbons (Fsp3) is 0.278. The van der Waals surface area contributed by atoms with E-state index in [0.29, 0.717) is 27.5 Å². The van der Waals surface area contributed by atoms with E-state index in [9.17, 15) is 9.90 Å². The molecule has 0 aliphatic carbocycles. The Hall–Kier alpha value is -2.44. The predicted molar refractivity (Wildman–Crippen MR) is 95.9 cm³/mol. The maximum Gasteiger partial charge on any atom is 0.257 e. The second-order valence-corrected chi connectivity index (χ2v) is 6.45. The van der Waals surface area contributed by atoms with Gasteiger partial charge in [0.05, 0.1) is 11.8 Å². The monoisotopic (exact) mass is 358 g/mol. The lowest BCUT2D eigenvalue weighted by Gasteiger charge is -2.12. The van der Waals surface area contributed by atoms with Crippen molar-refractivity contribution >= 4 is 23.2 Å². The Morgan fingerprint density at radius 1 is 1.28 bits per heavy atom. The maximum atomic E-state index is 12.6. The zero-order valence-electron chi connectivity index (χ0n) is 14.2. The summed E-state index contributed by atoms with van der Waals surface area (Å²) in [5.74, 6) is -0.307. The number of aliphatic hydroxyl groups excluding tert-OH is 1. The van der Waals surface area contributed by atoms with Crippen LogP contribution in [0.15, 0.2) is 30.3 Å². The van der Waals surface area contributed by atoms with Crippen LogP contribution in [0.25, 0.3) is 5.65 Å². The van der Waals surface area contributed by atoms with Crippen LogP contribution in [0.2, 0.25) is 5.02 Å². The number of carbonyl (C=O) groups is 1. The van der Waals surface area contributed by atoms with Gasteiger partial charge in [0.25, 0.3) is 5.91 Å². The zero-order valence-corrected chi connectivity index (χ0v) is 15.0. The quantitative estimate of drug-likeness (QED) is 0.751. The average molecular weight is 359 g/mol. The van der Waals surface area contributed by atoms with Gasteiger partial charge in [-0.3, -0.25) is 4.79 Å². The Kier molecular flexibility index (Phi) is 4.74. The molecule has 3 aromatic rings. The van der Waals surface area contributed by atoms with E-state index in [1.807, 2.05) is 19.9 Å². The van der Waals surface area contributed by atoms with Gasteiger partial charge in [-0.1, -0.05) is 23.7 Å². The topological polar surface area (TPSA) is 79.5 Å². The second-order valence-electron chi connectivity index (χ2n) is 6.01. The first-order chi connectivity index (χ1) is 11.9. The summed E-state index contributed by atoms with van der Waals surface area (Å²) >= 11 is 5.84. The van der Waals surface area contributed by atoms with Crippen molar-refractivity contribution in [1.82, 2.24) is 19.9 Å². The molecule has 3 rings (SSSR count). The number of halogens is 1. The third kappa shape index (κ3) is 3.50. The average Bonchev–Trinajstić information content (AvgIpc) is 2.89. The molecule has 0 aliphatic rings. The summed E-state index contributed by atoms with van der Waals surface area (Å²) in [5.41, 5.74) is 3.96.